The average molecular weight is 411 g/mol. The number of thioether (sulfide) groups is 1. The molecule has 1 saturated heterocycles. The van der Waals surface area contributed by atoms with Crippen molar-refractivity contribution in [3.8, 4) is 0 Å². The van der Waals surface area contributed by atoms with E-state index in [9.17, 15) is 19.5 Å². The van der Waals surface area contributed by atoms with Crippen molar-refractivity contribution in [2.75, 3.05) is 25.4 Å². The number of aliphatic hydroxyl groups is 1. The molecule has 2 heterocycles. The molecule has 1 N–H and O–H groups in total. The van der Waals surface area contributed by atoms with Crippen LogP contribution in [-0.2, 0) is 19.1 Å². The second-order valence-electron chi connectivity index (χ2n) is 7.34. The van der Waals surface area contributed by atoms with Crippen LogP contribution in [0.15, 0.2) is 22.3 Å². The average Bonchev–Trinajstić information content (AvgIpc) is 2.91. The van der Waals surface area contributed by atoms with E-state index in [2.05, 4.69) is 0 Å². The molecule has 0 radical (unpaired) electrons. The first-order valence-electron chi connectivity index (χ1n) is 9.62. The molecule has 2 amide bonds. The van der Waals surface area contributed by atoms with Crippen molar-refractivity contribution in [3.05, 3.63) is 22.3 Å². The number of hydrogen-bond acceptors (Lipinski definition) is 6. The normalized spacial score (nSPS) is 21.8. The van der Waals surface area contributed by atoms with Crippen LogP contribution in [0.1, 0.15) is 41.0 Å². The fourth-order valence-corrected chi connectivity index (χ4v) is 4.68. The van der Waals surface area contributed by atoms with Crippen LogP contribution < -0.4 is 0 Å². The molecule has 2 aliphatic rings. The Bertz CT molecular complexity index is 697. The molecule has 8 heteroatoms. The molecule has 0 aliphatic carbocycles. The fraction of sp³-hybridized carbons (Fsp3) is 0.650. The van der Waals surface area contributed by atoms with E-state index in [1.165, 1.54) is 23.6 Å². The third-order valence-corrected chi connectivity index (χ3v) is 6.15. The SMILES string of the molecule is CCN(CCSC1=C(C(=O)OCC=C(C)C)N2C(=O)[C@H]([C@@H](C)O)[C@H]2C1)C(C)=O. The lowest BCUT2D eigenvalue weighted by Crippen LogP contribution is -2.61. The summed E-state index contributed by atoms with van der Waals surface area (Å²) in [5.41, 5.74) is 1.34. The topological polar surface area (TPSA) is 87.2 Å². The van der Waals surface area contributed by atoms with Gasteiger partial charge in [0.15, 0.2) is 0 Å². The largest absolute Gasteiger partial charge is 0.457 e. The van der Waals surface area contributed by atoms with Crippen molar-refractivity contribution < 1.29 is 24.2 Å². The number of rotatable bonds is 9. The molecular weight excluding hydrogens is 380 g/mol. The van der Waals surface area contributed by atoms with Gasteiger partial charge in [-0.2, -0.15) is 0 Å². The first kappa shape index (κ1) is 22.5. The molecule has 0 saturated carbocycles. The summed E-state index contributed by atoms with van der Waals surface area (Å²) in [4.78, 5) is 40.7. The molecular formula is C20H30N2O5S. The lowest BCUT2D eigenvalue weighted by Gasteiger charge is -2.44. The Morgan fingerprint density at radius 3 is 2.61 bits per heavy atom. The van der Waals surface area contributed by atoms with Crippen molar-refractivity contribution in [2.45, 2.75) is 53.2 Å². The van der Waals surface area contributed by atoms with Gasteiger partial charge in [-0.25, -0.2) is 4.79 Å². The summed E-state index contributed by atoms with van der Waals surface area (Å²) in [7, 11) is 0. The molecule has 7 nitrogen and oxygen atoms in total. The first-order valence-corrected chi connectivity index (χ1v) is 10.6. The van der Waals surface area contributed by atoms with Gasteiger partial charge in [0.25, 0.3) is 0 Å². The quantitative estimate of drug-likeness (QED) is 0.355. The number of esters is 1. The summed E-state index contributed by atoms with van der Waals surface area (Å²) in [6.07, 6.45) is 1.58. The number of ether oxygens (including phenoxy) is 1. The van der Waals surface area contributed by atoms with Gasteiger partial charge in [0, 0.05) is 37.1 Å². The van der Waals surface area contributed by atoms with Crippen LogP contribution in [0.5, 0.6) is 0 Å². The van der Waals surface area contributed by atoms with Gasteiger partial charge in [-0.1, -0.05) is 5.57 Å². The van der Waals surface area contributed by atoms with Crippen molar-refractivity contribution >= 4 is 29.5 Å². The maximum absolute atomic E-state index is 12.7. The molecule has 0 spiro atoms. The first-order chi connectivity index (χ1) is 13.2. The predicted molar refractivity (Wildman–Crippen MR) is 108 cm³/mol. The van der Waals surface area contributed by atoms with Gasteiger partial charge in [-0.15, -0.1) is 11.8 Å². The second-order valence-corrected chi connectivity index (χ2v) is 8.53. The molecule has 156 valence electrons. The van der Waals surface area contributed by atoms with Gasteiger partial charge in [-0.3, -0.25) is 9.59 Å². The van der Waals surface area contributed by atoms with Gasteiger partial charge in [0.05, 0.1) is 18.1 Å². The Kier molecular flexibility index (Phi) is 7.71. The van der Waals surface area contributed by atoms with Crippen molar-refractivity contribution in [3.63, 3.8) is 0 Å². The van der Waals surface area contributed by atoms with Crippen molar-refractivity contribution in [2.24, 2.45) is 5.92 Å². The van der Waals surface area contributed by atoms with Gasteiger partial charge in [-0.05, 0) is 33.8 Å². The number of amides is 2. The smallest absolute Gasteiger partial charge is 0.356 e. The van der Waals surface area contributed by atoms with Crippen molar-refractivity contribution in [1.82, 2.24) is 9.80 Å². The maximum Gasteiger partial charge on any atom is 0.356 e. The van der Waals surface area contributed by atoms with Gasteiger partial charge in [0.2, 0.25) is 11.8 Å². The Morgan fingerprint density at radius 2 is 2.07 bits per heavy atom. The molecule has 2 aliphatic heterocycles. The second kappa shape index (κ2) is 9.60. The minimum absolute atomic E-state index is 0.0121. The number of nitrogens with zero attached hydrogens (tertiary/aromatic N) is 2. The standard InChI is InChI=1S/C20H30N2O5S/c1-6-21(14(5)24)8-10-28-16-11-15-17(13(4)23)19(25)22(15)18(16)20(26)27-9-7-12(2)3/h7,13,15,17,23H,6,8-11H2,1-5H3/t13-,15-,17-/m1/s1. The Balaban J connectivity index is 2.13. The van der Waals surface area contributed by atoms with E-state index in [1.54, 1.807) is 17.9 Å². The van der Waals surface area contributed by atoms with Crippen LogP contribution >= 0.6 is 11.8 Å². The summed E-state index contributed by atoms with van der Waals surface area (Å²) in [5.74, 6) is -0.592. The van der Waals surface area contributed by atoms with E-state index >= 15 is 0 Å². The van der Waals surface area contributed by atoms with Crippen molar-refractivity contribution in [1.29, 1.82) is 0 Å². The van der Waals surface area contributed by atoms with E-state index in [0.717, 1.165) is 10.5 Å². The van der Waals surface area contributed by atoms with Crippen LogP contribution in [-0.4, -0.2) is 70.3 Å². The van der Waals surface area contributed by atoms with E-state index < -0.39 is 18.0 Å². The lowest BCUT2D eigenvalue weighted by molar-refractivity contribution is -0.162. The zero-order chi connectivity index (χ0) is 21.0. The molecule has 0 unspecified atom stereocenters. The van der Waals surface area contributed by atoms with Gasteiger partial charge >= 0.3 is 5.97 Å². The van der Waals surface area contributed by atoms with E-state index in [4.69, 9.17) is 4.74 Å². The molecule has 28 heavy (non-hydrogen) atoms. The number of hydrogen-bond donors (Lipinski definition) is 1. The lowest BCUT2D eigenvalue weighted by atomic mass is 9.83. The Morgan fingerprint density at radius 1 is 1.39 bits per heavy atom. The highest BCUT2D eigenvalue weighted by molar-refractivity contribution is 8.03. The molecule has 1 fully saturated rings. The highest BCUT2D eigenvalue weighted by atomic mass is 32.2. The number of carbonyl (C=O) groups is 3. The van der Waals surface area contributed by atoms with Crippen LogP contribution in [0, 0.1) is 5.92 Å². The summed E-state index contributed by atoms with van der Waals surface area (Å²) >= 11 is 1.48. The predicted octanol–water partition coefficient (Wildman–Crippen LogP) is 1.92. The summed E-state index contributed by atoms with van der Waals surface area (Å²) in [5, 5.41) is 9.90. The highest BCUT2D eigenvalue weighted by Gasteiger charge is 2.56. The number of aliphatic hydroxyl groups excluding tert-OH is 1. The fourth-order valence-electron chi connectivity index (χ4n) is 3.52. The van der Waals surface area contributed by atoms with Gasteiger partial charge < -0.3 is 19.6 Å². The summed E-state index contributed by atoms with van der Waals surface area (Å²) in [6.45, 7) is 10.2. The molecule has 0 aromatic carbocycles. The van der Waals surface area contributed by atoms with E-state index in [1.807, 2.05) is 20.8 Å². The van der Waals surface area contributed by atoms with Crippen LogP contribution in [0.4, 0.5) is 0 Å². The minimum atomic E-state index is -0.755. The third kappa shape index (κ3) is 4.78. The zero-order valence-electron chi connectivity index (χ0n) is 17.2. The Hall–Kier alpha value is -1.80. The third-order valence-electron chi connectivity index (χ3n) is 5.05. The van der Waals surface area contributed by atoms with Crippen LogP contribution in [0.2, 0.25) is 0 Å². The minimum Gasteiger partial charge on any atom is -0.457 e. The summed E-state index contributed by atoms with van der Waals surface area (Å²) < 4.78 is 5.34. The number of β-lactam (4-membered cyclic amide) rings is 1. The number of allylic oxidation sites excluding steroid dienone is 1. The highest BCUT2D eigenvalue weighted by Crippen LogP contribution is 2.47. The number of carbonyl (C=O) groups excluding carboxylic acids is 3. The van der Waals surface area contributed by atoms with E-state index in [-0.39, 0.29) is 24.5 Å². The molecule has 3 atom stereocenters. The molecule has 0 aromatic rings. The van der Waals surface area contributed by atoms with E-state index in [0.29, 0.717) is 31.0 Å². The monoisotopic (exact) mass is 410 g/mol. The number of fused-ring (bicyclic) bond motifs is 1. The summed E-state index contributed by atoms with van der Waals surface area (Å²) in [6, 6.07) is -0.198. The Labute approximate surface area is 170 Å². The van der Waals surface area contributed by atoms with Gasteiger partial charge in [0.1, 0.15) is 12.3 Å². The molecule has 0 aromatic heterocycles. The zero-order valence-corrected chi connectivity index (χ0v) is 18.0. The van der Waals surface area contributed by atoms with Crippen LogP contribution in [0.3, 0.4) is 0 Å². The molecule has 2 rings (SSSR count). The maximum atomic E-state index is 12.7. The molecule has 0 bridgehead atoms. The van der Waals surface area contributed by atoms with Crippen LogP contribution in [0.25, 0.3) is 0 Å².